The number of nitrogens with one attached hydrogen (secondary N) is 1. The van der Waals surface area contributed by atoms with Crippen LogP contribution in [0.15, 0.2) is 42.5 Å². The molecule has 0 saturated heterocycles. The van der Waals surface area contributed by atoms with Gasteiger partial charge in [0.05, 0.1) is 0 Å². The van der Waals surface area contributed by atoms with Crippen LogP contribution in [0.5, 0.6) is 11.5 Å². The smallest absolute Gasteiger partial charge is 0.131 e. The van der Waals surface area contributed by atoms with Crippen LogP contribution in [0.4, 0.5) is 4.39 Å². The molecule has 0 aliphatic heterocycles. The van der Waals surface area contributed by atoms with Crippen molar-refractivity contribution in [3.63, 3.8) is 0 Å². The van der Waals surface area contributed by atoms with Gasteiger partial charge in [0.2, 0.25) is 0 Å². The highest BCUT2D eigenvalue weighted by Gasteiger charge is 2.06. The minimum atomic E-state index is -0.214. The molecule has 2 aromatic rings. The Labute approximate surface area is 126 Å². The van der Waals surface area contributed by atoms with E-state index in [4.69, 9.17) is 4.74 Å². The van der Waals surface area contributed by atoms with Gasteiger partial charge >= 0.3 is 0 Å². The number of rotatable bonds is 6. The van der Waals surface area contributed by atoms with Gasteiger partial charge in [0.1, 0.15) is 17.3 Å². The first-order chi connectivity index (χ1) is 10.1. The molecule has 2 nitrogen and oxygen atoms in total. The Balaban J connectivity index is 2.10. The molecule has 0 spiro atoms. The van der Waals surface area contributed by atoms with Crippen molar-refractivity contribution >= 4 is 0 Å². The molecule has 2 aromatic carbocycles. The number of ether oxygens (including phenoxy) is 1. The summed E-state index contributed by atoms with van der Waals surface area (Å²) in [5.74, 6) is 1.86. The minimum Gasteiger partial charge on any atom is -0.457 e. The molecule has 0 unspecified atom stereocenters. The largest absolute Gasteiger partial charge is 0.457 e. The van der Waals surface area contributed by atoms with E-state index in [2.05, 4.69) is 19.2 Å². The summed E-state index contributed by atoms with van der Waals surface area (Å²) in [6.07, 6.45) is 0. The van der Waals surface area contributed by atoms with Crippen LogP contribution in [-0.4, -0.2) is 6.54 Å². The number of aryl methyl sites for hydroxylation is 1. The number of para-hydroxylation sites is 1. The first-order valence-corrected chi connectivity index (χ1v) is 7.29. The lowest BCUT2D eigenvalue weighted by molar-refractivity contribution is 0.467. The third-order valence-electron chi connectivity index (χ3n) is 3.20. The minimum absolute atomic E-state index is 0.214. The molecule has 3 heteroatoms. The second-order valence-electron chi connectivity index (χ2n) is 5.65. The molecule has 0 saturated carbocycles. The third-order valence-corrected chi connectivity index (χ3v) is 3.20. The zero-order valence-corrected chi connectivity index (χ0v) is 12.8. The van der Waals surface area contributed by atoms with Gasteiger partial charge in [-0.15, -0.1) is 0 Å². The van der Waals surface area contributed by atoms with Gasteiger partial charge in [-0.05, 0) is 49.2 Å². The first-order valence-electron chi connectivity index (χ1n) is 7.29. The zero-order valence-electron chi connectivity index (χ0n) is 12.8. The Morgan fingerprint density at radius 3 is 2.62 bits per heavy atom. The SMILES string of the molecule is Cc1cc(Oc2ccccc2CNCC(C)C)ccc1F. The Bertz CT molecular complexity index is 596. The maximum Gasteiger partial charge on any atom is 0.131 e. The number of hydrogen-bond acceptors (Lipinski definition) is 2. The summed E-state index contributed by atoms with van der Waals surface area (Å²) in [6.45, 7) is 7.81. The molecular weight excluding hydrogens is 265 g/mol. The maximum atomic E-state index is 13.3. The highest BCUT2D eigenvalue weighted by atomic mass is 19.1. The lowest BCUT2D eigenvalue weighted by Gasteiger charge is -2.13. The highest BCUT2D eigenvalue weighted by molar-refractivity contribution is 5.39. The topological polar surface area (TPSA) is 21.3 Å². The molecule has 21 heavy (non-hydrogen) atoms. The monoisotopic (exact) mass is 287 g/mol. The van der Waals surface area contributed by atoms with Gasteiger partial charge in [0, 0.05) is 12.1 Å². The van der Waals surface area contributed by atoms with E-state index in [0.29, 0.717) is 17.2 Å². The van der Waals surface area contributed by atoms with Gasteiger partial charge in [-0.2, -0.15) is 0 Å². The summed E-state index contributed by atoms with van der Waals surface area (Å²) in [6, 6.07) is 12.7. The molecule has 112 valence electrons. The first kappa shape index (κ1) is 15.5. The molecule has 1 N–H and O–H groups in total. The van der Waals surface area contributed by atoms with E-state index in [1.54, 1.807) is 19.1 Å². The normalized spacial score (nSPS) is 10.9. The highest BCUT2D eigenvalue weighted by Crippen LogP contribution is 2.26. The van der Waals surface area contributed by atoms with Crippen LogP contribution in [0, 0.1) is 18.7 Å². The summed E-state index contributed by atoms with van der Waals surface area (Å²) in [4.78, 5) is 0. The number of halogens is 1. The van der Waals surface area contributed by atoms with Crippen LogP contribution in [0.1, 0.15) is 25.0 Å². The molecule has 0 amide bonds. The van der Waals surface area contributed by atoms with Gasteiger partial charge in [-0.1, -0.05) is 32.0 Å². The predicted octanol–water partition coefficient (Wildman–Crippen LogP) is 4.67. The standard InChI is InChI=1S/C18H22FNO/c1-13(2)11-20-12-15-6-4-5-7-18(15)21-16-8-9-17(19)14(3)10-16/h4-10,13,20H,11-12H2,1-3H3. The Morgan fingerprint density at radius 1 is 1.14 bits per heavy atom. The summed E-state index contributed by atoms with van der Waals surface area (Å²) >= 11 is 0. The zero-order chi connectivity index (χ0) is 15.2. The van der Waals surface area contributed by atoms with Crippen molar-refractivity contribution in [1.29, 1.82) is 0 Å². The molecule has 0 aliphatic rings. The average molecular weight is 287 g/mol. The van der Waals surface area contributed by atoms with Crippen molar-refractivity contribution in [2.24, 2.45) is 5.92 Å². The summed E-state index contributed by atoms with van der Waals surface area (Å²) < 4.78 is 19.2. The van der Waals surface area contributed by atoms with E-state index in [1.165, 1.54) is 6.07 Å². The second kappa shape index (κ2) is 7.23. The second-order valence-corrected chi connectivity index (χ2v) is 5.65. The lowest BCUT2D eigenvalue weighted by atomic mass is 10.1. The summed E-state index contributed by atoms with van der Waals surface area (Å²) in [5.41, 5.74) is 1.68. The Kier molecular flexibility index (Phi) is 5.34. The molecule has 0 bridgehead atoms. The molecule has 0 fully saturated rings. The quantitative estimate of drug-likeness (QED) is 0.833. The van der Waals surface area contributed by atoms with Crippen LogP contribution < -0.4 is 10.1 Å². The molecular formula is C18H22FNO. The fraction of sp³-hybridized carbons (Fsp3) is 0.333. The van der Waals surface area contributed by atoms with Crippen LogP contribution in [0.25, 0.3) is 0 Å². The van der Waals surface area contributed by atoms with E-state index >= 15 is 0 Å². The number of hydrogen-bond donors (Lipinski definition) is 1. The molecule has 0 radical (unpaired) electrons. The van der Waals surface area contributed by atoms with Gasteiger partial charge in [-0.25, -0.2) is 4.39 Å². The van der Waals surface area contributed by atoms with Crippen LogP contribution in [-0.2, 0) is 6.54 Å². The van der Waals surface area contributed by atoms with Crippen LogP contribution >= 0.6 is 0 Å². The van der Waals surface area contributed by atoms with Crippen molar-refractivity contribution in [3.05, 3.63) is 59.4 Å². The van der Waals surface area contributed by atoms with Crippen molar-refractivity contribution in [2.45, 2.75) is 27.3 Å². The van der Waals surface area contributed by atoms with Gasteiger partial charge in [0.25, 0.3) is 0 Å². The van der Waals surface area contributed by atoms with Crippen LogP contribution in [0.2, 0.25) is 0 Å². The van der Waals surface area contributed by atoms with Crippen molar-refractivity contribution in [1.82, 2.24) is 5.32 Å². The molecule has 0 atom stereocenters. The van der Waals surface area contributed by atoms with Crippen molar-refractivity contribution in [2.75, 3.05) is 6.54 Å². The molecule has 0 aliphatic carbocycles. The Hall–Kier alpha value is -1.87. The fourth-order valence-electron chi connectivity index (χ4n) is 2.05. The van der Waals surface area contributed by atoms with Gasteiger partial charge in [0.15, 0.2) is 0 Å². The fourth-order valence-corrected chi connectivity index (χ4v) is 2.05. The molecule has 2 rings (SSSR count). The van der Waals surface area contributed by atoms with E-state index in [-0.39, 0.29) is 5.82 Å². The van der Waals surface area contributed by atoms with Gasteiger partial charge < -0.3 is 10.1 Å². The average Bonchev–Trinajstić information content (AvgIpc) is 2.44. The maximum absolute atomic E-state index is 13.3. The van der Waals surface area contributed by atoms with E-state index < -0.39 is 0 Å². The van der Waals surface area contributed by atoms with E-state index in [0.717, 1.165) is 24.4 Å². The van der Waals surface area contributed by atoms with Crippen molar-refractivity contribution in [3.8, 4) is 11.5 Å². The Morgan fingerprint density at radius 2 is 1.90 bits per heavy atom. The van der Waals surface area contributed by atoms with Crippen LogP contribution in [0.3, 0.4) is 0 Å². The summed E-state index contributed by atoms with van der Waals surface area (Å²) in [5, 5.41) is 3.41. The molecule has 0 heterocycles. The third kappa shape index (κ3) is 4.57. The molecule has 0 aromatic heterocycles. The predicted molar refractivity (Wildman–Crippen MR) is 84.2 cm³/mol. The lowest BCUT2D eigenvalue weighted by Crippen LogP contribution is -2.19. The number of benzene rings is 2. The van der Waals surface area contributed by atoms with E-state index in [9.17, 15) is 4.39 Å². The van der Waals surface area contributed by atoms with Gasteiger partial charge in [-0.3, -0.25) is 0 Å². The van der Waals surface area contributed by atoms with E-state index in [1.807, 2.05) is 24.3 Å². The van der Waals surface area contributed by atoms with Crippen molar-refractivity contribution < 1.29 is 9.13 Å². The summed E-state index contributed by atoms with van der Waals surface area (Å²) in [7, 11) is 0.